The summed E-state index contributed by atoms with van der Waals surface area (Å²) in [6.45, 7) is -3.12. The van der Waals surface area contributed by atoms with Crippen molar-refractivity contribution in [3.8, 4) is 5.75 Å². The van der Waals surface area contributed by atoms with E-state index < -0.39 is 18.3 Å². The monoisotopic (exact) mass is 230 g/mol. The average molecular weight is 230 g/mol. The molecule has 1 aromatic carbocycles. The van der Waals surface area contributed by atoms with Crippen LogP contribution in [0.4, 0.5) is 8.78 Å². The summed E-state index contributed by atoms with van der Waals surface area (Å²) in [6, 6.07) is 3.86. The number of hydrogen-bond acceptors (Lipinski definition) is 4. The molecule has 0 aromatic heterocycles. The fraction of sp³-hybridized carbons (Fsp3) is 0.200. The number of aldehydes is 1. The topological polar surface area (TPSA) is 52.6 Å². The molecule has 4 nitrogen and oxygen atoms in total. The number of ether oxygens (including phenoxy) is 2. The summed E-state index contributed by atoms with van der Waals surface area (Å²) in [6.07, 6.45) is 0.324. The highest BCUT2D eigenvalue weighted by Crippen LogP contribution is 2.25. The lowest BCUT2D eigenvalue weighted by atomic mass is 10.1. The van der Waals surface area contributed by atoms with Crippen LogP contribution in [-0.4, -0.2) is 26.0 Å². The number of hydrogen-bond donors (Lipinski definition) is 0. The predicted molar refractivity (Wildman–Crippen MR) is 49.8 cm³/mol. The SMILES string of the molecule is COC(=O)c1cccc(C=O)c1OC(F)F. The molecule has 1 rings (SSSR count). The summed E-state index contributed by atoms with van der Waals surface area (Å²) >= 11 is 0. The highest BCUT2D eigenvalue weighted by Gasteiger charge is 2.19. The first-order valence-corrected chi connectivity index (χ1v) is 4.21. The molecule has 0 amide bonds. The third-order valence-electron chi connectivity index (χ3n) is 1.78. The normalized spacial score (nSPS) is 10.0. The third-order valence-corrected chi connectivity index (χ3v) is 1.78. The molecule has 0 spiro atoms. The van der Waals surface area contributed by atoms with Gasteiger partial charge in [0, 0.05) is 0 Å². The van der Waals surface area contributed by atoms with Gasteiger partial charge in [0.05, 0.1) is 12.7 Å². The first kappa shape index (κ1) is 12.1. The Morgan fingerprint density at radius 3 is 2.62 bits per heavy atom. The molecule has 0 aliphatic carbocycles. The summed E-state index contributed by atoms with van der Waals surface area (Å²) in [5.74, 6) is -1.32. The average Bonchev–Trinajstić information content (AvgIpc) is 2.27. The Morgan fingerprint density at radius 2 is 2.12 bits per heavy atom. The molecule has 0 bridgehead atoms. The minimum atomic E-state index is -3.12. The number of carbonyl (C=O) groups is 2. The van der Waals surface area contributed by atoms with Crippen molar-refractivity contribution in [2.45, 2.75) is 6.61 Å². The maximum Gasteiger partial charge on any atom is 0.387 e. The van der Waals surface area contributed by atoms with Gasteiger partial charge in [-0.25, -0.2) is 4.79 Å². The van der Waals surface area contributed by atoms with Gasteiger partial charge >= 0.3 is 12.6 Å². The molecule has 0 N–H and O–H groups in total. The van der Waals surface area contributed by atoms with Crippen LogP contribution in [0.5, 0.6) is 5.75 Å². The number of para-hydroxylation sites is 1. The summed E-state index contributed by atoms with van der Waals surface area (Å²) in [7, 11) is 1.10. The lowest BCUT2D eigenvalue weighted by Crippen LogP contribution is -2.11. The van der Waals surface area contributed by atoms with Crippen molar-refractivity contribution in [3.05, 3.63) is 29.3 Å². The molecule has 0 aliphatic heterocycles. The van der Waals surface area contributed by atoms with Crippen molar-refractivity contribution in [2.75, 3.05) is 7.11 Å². The van der Waals surface area contributed by atoms with Gasteiger partial charge < -0.3 is 9.47 Å². The number of halogens is 2. The summed E-state index contributed by atoms with van der Waals surface area (Å²) in [5.41, 5.74) is -0.351. The van der Waals surface area contributed by atoms with E-state index in [2.05, 4.69) is 9.47 Å². The van der Waals surface area contributed by atoms with Crippen LogP contribution in [0.1, 0.15) is 20.7 Å². The van der Waals surface area contributed by atoms with Crippen LogP contribution in [0.15, 0.2) is 18.2 Å². The van der Waals surface area contributed by atoms with E-state index in [-0.39, 0.29) is 11.1 Å². The molecule has 0 saturated carbocycles. The standard InChI is InChI=1S/C10H8F2O4/c1-15-9(14)7-4-2-3-6(5-13)8(7)16-10(11)12/h2-5,10H,1H3. The van der Waals surface area contributed by atoms with Gasteiger partial charge in [0.2, 0.25) is 0 Å². The minimum Gasteiger partial charge on any atom is -0.465 e. The predicted octanol–water partition coefficient (Wildman–Crippen LogP) is 1.89. The molecule has 86 valence electrons. The third kappa shape index (κ3) is 2.53. The smallest absolute Gasteiger partial charge is 0.387 e. The first-order chi connectivity index (χ1) is 7.60. The van der Waals surface area contributed by atoms with Crippen LogP contribution in [0.3, 0.4) is 0 Å². The van der Waals surface area contributed by atoms with E-state index in [1.54, 1.807) is 0 Å². The van der Waals surface area contributed by atoms with Gasteiger partial charge in [0.25, 0.3) is 0 Å². The van der Waals surface area contributed by atoms with Crippen LogP contribution in [0.2, 0.25) is 0 Å². The van der Waals surface area contributed by atoms with Crippen molar-refractivity contribution in [3.63, 3.8) is 0 Å². The van der Waals surface area contributed by atoms with E-state index in [0.29, 0.717) is 6.29 Å². The van der Waals surface area contributed by atoms with Gasteiger partial charge in [-0.1, -0.05) is 6.07 Å². The van der Waals surface area contributed by atoms with Gasteiger partial charge in [-0.15, -0.1) is 0 Å². The van der Waals surface area contributed by atoms with E-state index in [0.717, 1.165) is 7.11 Å². The van der Waals surface area contributed by atoms with Crippen molar-refractivity contribution in [1.82, 2.24) is 0 Å². The van der Waals surface area contributed by atoms with Crippen LogP contribution in [0, 0.1) is 0 Å². The van der Waals surface area contributed by atoms with E-state index in [1.807, 2.05) is 0 Å². The van der Waals surface area contributed by atoms with Gasteiger partial charge in [-0.05, 0) is 12.1 Å². The number of rotatable bonds is 4. The lowest BCUT2D eigenvalue weighted by Gasteiger charge is -2.10. The molecule has 0 saturated heterocycles. The molecule has 0 fully saturated rings. The maximum atomic E-state index is 12.1. The van der Waals surface area contributed by atoms with Gasteiger partial charge in [0.15, 0.2) is 12.0 Å². The molecule has 16 heavy (non-hydrogen) atoms. The number of methoxy groups -OCH3 is 1. The quantitative estimate of drug-likeness (QED) is 0.585. The Balaban J connectivity index is 3.25. The highest BCUT2D eigenvalue weighted by atomic mass is 19.3. The molecule has 0 heterocycles. The minimum absolute atomic E-state index is 0.136. The summed E-state index contributed by atoms with van der Waals surface area (Å²) < 4.78 is 32.7. The first-order valence-electron chi connectivity index (χ1n) is 4.21. The van der Waals surface area contributed by atoms with Crippen molar-refractivity contribution < 1.29 is 27.8 Å². The van der Waals surface area contributed by atoms with E-state index in [1.165, 1.54) is 18.2 Å². The van der Waals surface area contributed by atoms with Crippen molar-refractivity contribution in [2.24, 2.45) is 0 Å². The Hall–Kier alpha value is -1.98. The molecule has 1 aromatic rings. The maximum absolute atomic E-state index is 12.1. The Kier molecular flexibility index (Phi) is 3.93. The molecule has 0 atom stereocenters. The van der Waals surface area contributed by atoms with E-state index in [4.69, 9.17) is 0 Å². The lowest BCUT2D eigenvalue weighted by molar-refractivity contribution is -0.0506. The van der Waals surface area contributed by atoms with Crippen LogP contribution < -0.4 is 4.74 Å². The molecule has 0 aliphatic rings. The largest absolute Gasteiger partial charge is 0.465 e. The zero-order valence-corrected chi connectivity index (χ0v) is 8.28. The van der Waals surface area contributed by atoms with Crippen LogP contribution >= 0.6 is 0 Å². The number of esters is 1. The molecule has 6 heteroatoms. The number of alkyl halides is 2. The van der Waals surface area contributed by atoms with E-state index >= 15 is 0 Å². The Morgan fingerprint density at radius 1 is 1.44 bits per heavy atom. The number of benzene rings is 1. The summed E-state index contributed by atoms with van der Waals surface area (Å²) in [4.78, 5) is 21.8. The van der Waals surface area contributed by atoms with Gasteiger partial charge in [-0.3, -0.25) is 4.79 Å². The highest BCUT2D eigenvalue weighted by molar-refractivity contribution is 5.96. The molecular weight excluding hydrogens is 222 g/mol. The second-order valence-electron chi connectivity index (χ2n) is 2.71. The van der Waals surface area contributed by atoms with Crippen LogP contribution in [-0.2, 0) is 4.74 Å². The zero-order chi connectivity index (χ0) is 12.1. The van der Waals surface area contributed by atoms with Crippen LogP contribution in [0.25, 0.3) is 0 Å². The van der Waals surface area contributed by atoms with E-state index in [9.17, 15) is 18.4 Å². The van der Waals surface area contributed by atoms with Crippen molar-refractivity contribution in [1.29, 1.82) is 0 Å². The second-order valence-corrected chi connectivity index (χ2v) is 2.71. The molecule has 0 unspecified atom stereocenters. The van der Waals surface area contributed by atoms with Gasteiger partial charge in [0.1, 0.15) is 5.56 Å². The van der Waals surface area contributed by atoms with Crippen molar-refractivity contribution >= 4 is 12.3 Å². The molecular formula is C10H8F2O4. The Labute approximate surface area is 89.8 Å². The fourth-order valence-electron chi connectivity index (χ4n) is 1.14. The molecule has 0 radical (unpaired) electrons. The van der Waals surface area contributed by atoms with Gasteiger partial charge in [-0.2, -0.15) is 8.78 Å². The second kappa shape index (κ2) is 5.20. The Bertz CT molecular complexity index is 404. The fourth-order valence-corrected chi connectivity index (χ4v) is 1.14. The summed E-state index contributed by atoms with van der Waals surface area (Å²) in [5, 5.41) is 0. The zero-order valence-electron chi connectivity index (χ0n) is 8.28. The number of carbonyl (C=O) groups excluding carboxylic acids is 2.